The van der Waals surface area contributed by atoms with Gasteiger partial charge in [-0.25, -0.2) is 0 Å². The lowest BCUT2D eigenvalue weighted by Gasteiger charge is -2.41. The molecule has 0 atom stereocenters. The van der Waals surface area contributed by atoms with Gasteiger partial charge >= 0.3 is 0 Å². The summed E-state index contributed by atoms with van der Waals surface area (Å²) in [7, 11) is 0. The van der Waals surface area contributed by atoms with Gasteiger partial charge in [0, 0.05) is 44.0 Å². The predicted octanol–water partition coefficient (Wildman–Crippen LogP) is 22.6. The highest BCUT2D eigenvalue weighted by Crippen LogP contribution is 2.50. The molecule has 2 aliphatic heterocycles. The second kappa shape index (κ2) is 21.2. The molecule has 0 saturated heterocycles. The van der Waals surface area contributed by atoms with Crippen molar-refractivity contribution in [3.63, 3.8) is 0 Å². The van der Waals surface area contributed by atoms with Gasteiger partial charge in [-0.2, -0.15) is 0 Å². The largest absolute Gasteiger partial charge is 0.458 e. The molecule has 2 aromatic heterocycles. The average molecular weight is 1210 g/mol. The van der Waals surface area contributed by atoms with E-state index in [1.165, 1.54) is 49.6 Å². The average Bonchev–Trinajstić information content (AvgIpc) is 1.14. The van der Waals surface area contributed by atoms with Gasteiger partial charge in [-0.3, -0.25) is 0 Å². The lowest BCUT2D eigenvalue weighted by atomic mass is 9.34. The summed E-state index contributed by atoms with van der Waals surface area (Å²) >= 11 is 0. The summed E-state index contributed by atoms with van der Waals surface area (Å²) in [5, 5.41) is 4.65. The summed E-state index contributed by atoms with van der Waals surface area (Å²) < 4.78 is 16.8. The topological polar surface area (TPSA) is 30.5 Å². The maximum atomic E-state index is 7.66. The number of para-hydroxylation sites is 3. The third-order valence-corrected chi connectivity index (χ3v) is 19.9. The Hall–Kier alpha value is -10.1. The third-order valence-electron chi connectivity index (χ3n) is 19.9. The molecule has 0 amide bonds. The van der Waals surface area contributed by atoms with E-state index < -0.39 is 0 Å². The lowest BCUT2D eigenvalue weighted by Crippen LogP contribution is -2.59. The van der Waals surface area contributed by atoms with E-state index in [2.05, 4.69) is 341 Å². The van der Waals surface area contributed by atoms with Crippen molar-refractivity contribution < 1.29 is 9.15 Å². The summed E-state index contributed by atoms with van der Waals surface area (Å²) in [6.45, 7) is 27.5. The standard InChI is InChI=1S/C88H77BN2O2/c1-85(2,3)61-38-33-54(34-39-61)56-36-42-71-81(49-56)93-82-51-60(59-45-63(87(7,8)9)52-64(46-59)88(10,11)12)48-78-84(82)89(71)72-47-58(37-43-76(72)91(78)75-44-40-62(86(4,5)6)53-70(75)55-23-14-13-15-24-55)83-65(57-35-41-69-68-27-18-21-32-79(68)92-80(69)50-57)28-22-31-77(83)90-73-29-19-16-25-66(73)67-26-17-20-30-74(67)90/h13-53H,1-12H3. The molecule has 0 fully saturated rings. The van der Waals surface area contributed by atoms with Gasteiger partial charge in [0.25, 0.3) is 6.71 Å². The van der Waals surface area contributed by atoms with E-state index in [0.29, 0.717) is 0 Å². The Labute approximate surface area is 547 Å². The summed E-state index contributed by atoms with van der Waals surface area (Å²) in [5.74, 6) is 1.72. The van der Waals surface area contributed by atoms with E-state index in [9.17, 15) is 0 Å². The van der Waals surface area contributed by atoms with Crippen molar-refractivity contribution in [2.24, 2.45) is 0 Å². The Morgan fingerprint density at radius 1 is 0.301 bits per heavy atom. The first-order valence-corrected chi connectivity index (χ1v) is 33.1. The molecule has 12 aromatic carbocycles. The lowest BCUT2D eigenvalue weighted by molar-refractivity contribution is 0.488. The number of nitrogens with zero attached hydrogens (tertiary/aromatic N) is 2. The number of ether oxygens (including phenoxy) is 1. The molecule has 16 rings (SSSR count). The van der Waals surface area contributed by atoms with Gasteiger partial charge in [-0.15, -0.1) is 0 Å². The number of furan rings is 1. The zero-order valence-corrected chi connectivity index (χ0v) is 55.5. The van der Waals surface area contributed by atoms with Gasteiger partial charge in [-0.1, -0.05) is 259 Å². The van der Waals surface area contributed by atoms with Crippen LogP contribution in [0.1, 0.15) is 105 Å². The van der Waals surface area contributed by atoms with E-state index in [0.717, 1.165) is 123 Å². The number of hydrogen-bond acceptors (Lipinski definition) is 3. The Bertz CT molecular complexity index is 5260. The first-order valence-electron chi connectivity index (χ1n) is 33.1. The smallest absolute Gasteiger partial charge is 0.256 e. The number of hydrogen-bond donors (Lipinski definition) is 0. The SMILES string of the molecule is CC(C)(C)c1ccc(-c2ccc3c(c2)Oc2cc(-c4cc(C(C)(C)C)cc(C(C)(C)C)c4)cc4c2B3c2cc(-c3c(-c5ccc6c(c5)oc5ccccc56)cccc3-n3c5ccccc5c5ccccc53)ccc2N4c2ccc(C(C)(C)C)cc2-c2ccccc2)cc1. The van der Waals surface area contributed by atoms with E-state index in [1.54, 1.807) is 0 Å². The number of rotatable bonds is 7. The molecule has 14 aromatic rings. The molecule has 0 N–H and O–H groups in total. The summed E-state index contributed by atoms with van der Waals surface area (Å²) in [6.07, 6.45) is 0. The van der Waals surface area contributed by atoms with Crippen molar-refractivity contribution in [1.82, 2.24) is 4.57 Å². The number of benzene rings is 12. The second-order valence-electron chi connectivity index (χ2n) is 30.2. The van der Waals surface area contributed by atoms with Crippen LogP contribution in [0, 0.1) is 0 Å². The van der Waals surface area contributed by atoms with Crippen molar-refractivity contribution in [2.45, 2.75) is 105 Å². The summed E-state index contributed by atoms with van der Waals surface area (Å²) in [6, 6.07) is 93.5. The molecule has 4 heterocycles. The van der Waals surface area contributed by atoms with Crippen LogP contribution in [0.2, 0.25) is 0 Å². The van der Waals surface area contributed by atoms with Crippen molar-refractivity contribution >= 4 is 83.9 Å². The molecular formula is C88H77BN2O2. The van der Waals surface area contributed by atoms with Gasteiger partial charge < -0.3 is 18.6 Å². The fraction of sp³-hybridized carbons (Fsp3) is 0.182. The van der Waals surface area contributed by atoms with E-state index in [-0.39, 0.29) is 28.4 Å². The van der Waals surface area contributed by atoms with Crippen LogP contribution >= 0.6 is 0 Å². The first-order chi connectivity index (χ1) is 44.6. The Kier molecular flexibility index (Phi) is 13.2. The quantitative estimate of drug-likeness (QED) is 0.149. The number of anilines is 3. The molecule has 0 spiro atoms. The highest BCUT2D eigenvalue weighted by atomic mass is 16.5. The monoisotopic (exact) mass is 1200 g/mol. The maximum Gasteiger partial charge on any atom is 0.256 e. The molecule has 93 heavy (non-hydrogen) atoms. The summed E-state index contributed by atoms with van der Waals surface area (Å²) in [4.78, 5) is 2.58. The molecule has 0 aliphatic carbocycles. The van der Waals surface area contributed by atoms with Crippen molar-refractivity contribution in [3.05, 3.63) is 271 Å². The minimum absolute atomic E-state index is 0.0289. The zero-order chi connectivity index (χ0) is 64.0. The molecule has 0 saturated carbocycles. The normalized spacial score (nSPS) is 13.2. The van der Waals surface area contributed by atoms with Gasteiger partial charge in [0.2, 0.25) is 0 Å². The van der Waals surface area contributed by atoms with Crippen molar-refractivity contribution in [3.8, 4) is 72.8 Å². The predicted molar refractivity (Wildman–Crippen MR) is 396 cm³/mol. The molecule has 4 nitrogen and oxygen atoms in total. The molecule has 2 aliphatic rings. The zero-order valence-electron chi connectivity index (χ0n) is 55.5. The number of aromatic nitrogens is 1. The third kappa shape index (κ3) is 9.81. The highest BCUT2D eigenvalue weighted by Gasteiger charge is 2.44. The van der Waals surface area contributed by atoms with Crippen LogP contribution in [0.3, 0.4) is 0 Å². The minimum atomic E-state index is -0.230. The van der Waals surface area contributed by atoms with Crippen LogP contribution in [0.4, 0.5) is 17.1 Å². The van der Waals surface area contributed by atoms with Crippen LogP contribution in [0.15, 0.2) is 253 Å². The molecule has 5 heteroatoms. The van der Waals surface area contributed by atoms with E-state index in [4.69, 9.17) is 9.15 Å². The van der Waals surface area contributed by atoms with E-state index >= 15 is 0 Å². The van der Waals surface area contributed by atoms with Crippen LogP contribution in [0.25, 0.3) is 105 Å². The number of fused-ring (bicyclic) bond motifs is 10. The van der Waals surface area contributed by atoms with E-state index in [1.807, 2.05) is 0 Å². The van der Waals surface area contributed by atoms with Crippen LogP contribution < -0.4 is 26.0 Å². The first kappa shape index (κ1) is 58.0. The van der Waals surface area contributed by atoms with Crippen LogP contribution in [0.5, 0.6) is 11.5 Å². The second-order valence-corrected chi connectivity index (χ2v) is 30.2. The van der Waals surface area contributed by atoms with Crippen LogP contribution in [-0.2, 0) is 21.7 Å². The van der Waals surface area contributed by atoms with Crippen molar-refractivity contribution in [1.29, 1.82) is 0 Å². The molecule has 454 valence electrons. The Balaban J connectivity index is 1.01. The van der Waals surface area contributed by atoms with Gasteiger partial charge in [0.15, 0.2) is 0 Å². The van der Waals surface area contributed by atoms with Gasteiger partial charge in [-0.05, 0) is 178 Å². The highest BCUT2D eigenvalue weighted by molar-refractivity contribution is 6.99. The van der Waals surface area contributed by atoms with Gasteiger partial charge in [0.1, 0.15) is 22.7 Å². The minimum Gasteiger partial charge on any atom is -0.458 e. The fourth-order valence-corrected chi connectivity index (χ4v) is 14.7. The maximum absolute atomic E-state index is 7.66. The Morgan fingerprint density at radius 3 is 1.56 bits per heavy atom. The van der Waals surface area contributed by atoms with Crippen molar-refractivity contribution in [2.75, 3.05) is 4.90 Å². The molecular weight excluding hydrogens is 1130 g/mol. The molecule has 0 bridgehead atoms. The van der Waals surface area contributed by atoms with Gasteiger partial charge in [0.05, 0.1) is 22.4 Å². The van der Waals surface area contributed by atoms with Crippen LogP contribution in [-0.4, -0.2) is 11.3 Å². The fourth-order valence-electron chi connectivity index (χ4n) is 14.7. The summed E-state index contributed by atoms with van der Waals surface area (Å²) in [5.41, 5.74) is 28.2. The molecule has 0 radical (unpaired) electrons. The Morgan fingerprint density at radius 2 is 0.871 bits per heavy atom. The molecule has 0 unspecified atom stereocenters.